The van der Waals surface area contributed by atoms with E-state index in [4.69, 9.17) is 0 Å². The zero-order valence-electron chi connectivity index (χ0n) is 10.8. The number of carbonyl (C=O) groups is 1. The second-order valence-corrected chi connectivity index (χ2v) is 5.28. The van der Waals surface area contributed by atoms with Crippen molar-refractivity contribution < 1.29 is 13.6 Å². The summed E-state index contributed by atoms with van der Waals surface area (Å²) in [5.41, 5.74) is 0.196. The molecule has 1 aromatic heterocycles. The summed E-state index contributed by atoms with van der Waals surface area (Å²) in [6.07, 6.45) is 1.59. The van der Waals surface area contributed by atoms with Gasteiger partial charge in [-0.2, -0.15) is 0 Å². The van der Waals surface area contributed by atoms with E-state index in [2.05, 4.69) is 26.2 Å². The van der Waals surface area contributed by atoms with Gasteiger partial charge in [-0.1, -0.05) is 0 Å². The topological polar surface area (TPSA) is 48.1 Å². The molecular weight excluding hydrogens is 332 g/mol. The molecule has 0 saturated heterocycles. The molecule has 7 heteroatoms. The molecule has 0 aliphatic carbocycles. The molecule has 1 heterocycles. The molecule has 0 saturated carbocycles. The quantitative estimate of drug-likeness (QED) is 0.897. The predicted octanol–water partition coefficient (Wildman–Crippen LogP) is 3.37. The van der Waals surface area contributed by atoms with Crippen LogP contribution in [0.15, 0.2) is 28.9 Å². The first-order chi connectivity index (χ1) is 9.38. The Morgan fingerprint density at radius 3 is 2.30 bits per heavy atom. The Kier molecular flexibility index (Phi) is 4.08. The molecule has 2 aromatic rings. The van der Waals surface area contributed by atoms with Gasteiger partial charge in [0.15, 0.2) is 11.6 Å². The molecular formula is C13H12BrF2N3O. The smallest absolute Gasteiger partial charge is 0.272 e. The summed E-state index contributed by atoms with van der Waals surface area (Å²) in [7, 11) is 3.08. The van der Waals surface area contributed by atoms with Crippen molar-refractivity contribution in [2.75, 3.05) is 24.3 Å². The van der Waals surface area contributed by atoms with E-state index in [1.54, 1.807) is 12.3 Å². The molecule has 0 unspecified atom stereocenters. The maximum atomic E-state index is 13.8. The molecule has 4 nitrogen and oxygen atoms in total. The van der Waals surface area contributed by atoms with E-state index in [0.29, 0.717) is 4.47 Å². The van der Waals surface area contributed by atoms with Gasteiger partial charge < -0.3 is 15.2 Å². The predicted molar refractivity (Wildman–Crippen MR) is 77.1 cm³/mol. The number of nitrogens with one attached hydrogen (secondary N) is 2. The number of hydrogen-bond donors (Lipinski definition) is 2. The Hall–Kier alpha value is -1.89. The lowest BCUT2D eigenvalue weighted by atomic mass is 10.2. The van der Waals surface area contributed by atoms with Gasteiger partial charge in [0.2, 0.25) is 0 Å². The molecule has 1 aromatic carbocycles. The summed E-state index contributed by atoms with van der Waals surface area (Å²) in [6, 6.07) is 3.72. The van der Waals surface area contributed by atoms with E-state index >= 15 is 0 Å². The first-order valence-electron chi connectivity index (χ1n) is 5.70. The van der Waals surface area contributed by atoms with Crippen molar-refractivity contribution in [3.05, 3.63) is 46.2 Å². The lowest BCUT2D eigenvalue weighted by Crippen LogP contribution is -2.15. The first kappa shape index (κ1) is 14.5. The summed E-state index contributed by atoms with van der Waals surface area (Å²) in [6.45, 7) is 0. The molecule has 0 spiro atoms. The highest BCUT2D eigenvalue weighted by atomic mass is 79.9. The average molecular weight is 344 g/mol. The monoisotopic (exact) mass is 343 g/mol. The van der Waals surface area contributed by atoms with Crippen molar-refractivity contribution in [3.8, 4) is 0 Å². The van der Waals surface area contributed by atoms with Crippen LogP contribution in [0.25, 0.3) is 0 Å². The summed E-state index contributed by atoms with van der Waals surface area (Å²) >= 11 is 3.20. The van der Waals surface area contributed by atoms with Crippen LogP contribution >= 0.6 is 15.9 Å². The van der Waals surface area contributed by atoms with Crippen LogP contribution in [-0.4, -0.2) is 25.0 Å². The minimum Gasteiger partial charge on any atom is -0.373 e. The third-order valence-corrected chi connectivity index (χ3v) is 3.07. The third kappa shape index (κ3) is 2.98. The molecule has 1 amide bonds. The molecule has 0 aliphatic heterocycles. The molecule has 0 bridgehead atoms. The van der Waals surface area contributed by atoms with Crippen molar-refractivity contribution in [2.45, 2.75) is 0 Å². The zero-order valence-corrected chi connectivity index (χ0v) is 12.4. The fourth-order valence-electron chi connectivity index (χ4n) is 1.76. The highest BCUT2D eigenvalue weighted by Crippen LogP contribution is 2.25. The number of aromatic nitrogens is 1. The number of amides is 1. The Labute approximate surface area is 122 Å². The maximum Gasteiger partial charge on any atom is 0.272 e. The molecule has 0 atom stereocenters. The largest absolute Gasteiger partial charge is 0.373 e. The van der Waals surface area contributed by atoms with Gasteiger partial charge in [0.1, 0.15) is 11.4 Å². The van der Waals surface area contributed by atoms with Gasteiger partial charge in [-0.25, -0.2) is 8.78 Å². The standard InChI is InChI=1S/C13H12BrF2N3O/c1-19(2)12-9(15)4-8(5-10(12)16)18-13(20)11-3-7(14)6-17-11/h3-6,17H,1-2H3,(H,18,20). The second kappa shape index (κ2) is 5.62. The number of anilines is 2. The number of carbonyl (C=O) groups excluding carboxylic acids is 1. The Morgan fingerprint density at radius 2 is 1.85 bits per heavy atom. The van der Waals surface area contributed by atoms with Crippen LogP contribution in [-0.2, 0) is 0 Å². The minimum atomic E-state index is -0.738. The van der Waals surface area contributed by atoms with Crippen LogP contribution in [0.5, 0.6) is 0 Å². The summed E-state index contributed by atoms with van der Waals surface area (Å²) in [5.74, 6) is -1.96. The van der Waals surface area contributed by atoms with Crippen LogP contribution in [0.4, 0.5) is 20.2 Å². The molecule has 2 rings (SSSR count). The van der Waals surface area contributed by atoms with Gasteiger partial charge in [-0.15, -0.1) is 0 Å². The molecule has 0 fully saturated rings. The van der Waals surface area contributed by atoms with Crippen LogP contribution in [0.1, 0.15) is 10.5 Å². The lowest BCUT2D eigenvalue weighted by Gasteiger charge is -2.15. The van der Waals surface area contributed by atoms with Crippen molar-refractivity contribution >= 4 is 33.2 Å². The Balaban J connectivity index is 2.24. The fraction of sp³-hybridized carbons (Fsp3) is 0.154. The van der Waals surface area contributed by atoms with Crippen LogP contribution in [0.2, 0.25) is 0 Å². The van der Waals surface area contributed by atoms with Crippen LogP contribution < -0.4 is 10.2 Å². The number of aromatic amines is 1. The number of halogens is 3. The van der Waals surface area contributed by atoms with E-state index < -0.39 is 17.5 Å². The van der Waals surface area contributed by atoms with E-state index in [1.807, 2.05) is 0 Å². The highest BCUT2D eigenvalue weighted by Gasteiger charge is 2.15. The van der Waals surface area contributed by atoms with Gasteiger partial charge in [0, 0.05) is 30.5 Å². The summed E-state index contributed by atoms with van der Waals surface area (Å²) in [5, 5.41) is 2.43. The average Bonchev–Trinajstić information content (AvgIpc) is 2.74. The highest BCUT2D eigenvalue weighted by molar-refractivity contribution is 9.10. The molecule has 0 aliphatic rings. The fourth-order valence-corrected chi connectivity index (χ4v) is 2.11. The lowest BCUT2D eigenvalue weighted by molar-refractivity contribution is 0.102. The molecule has 106 valence electrons. The summed E-state index contributed by atoms with van der Waals surface area (Å²) < 4.78 is 28.3. The van der Waals surface area contributed by atoms with Crippen molar-refractivity contribution in [2.24, 2.45) is 0 Å². The Morgan fingerprint density at radius 1 is 1.25 bits per heavy atom. The molecule has 0 radical (unpaired) electrons. The van der Waals surface area contributed by atoms with Crippen molar-refractivity contribution in [1.82, 2.24) is 4.98 Å². The number of rotatable bonds is 3. The van der Waals surface area contributed by atoms with Crippen LogP contribution in [0.3, 0.4) is 0 Å². The summed E-state index contributed by atoms with van der Waals surface area (Å²) in [4.78, 5) is 15.9. The van der Waals surface area contributed by atoms with Crippen molar-refractivity contribution in [1.29, 1.82) is 0 Å². The maximum absolute atomic E-state index is 13.8. The van der Waals surface area contributed by atoms with E-state index in [0.717, 1.165) is 12.1 Å². The molecule has 20 heavy (non-hydrogen) atoms. The first-order valence-corrected chi connectivity index (χ1v) is 6.49. The van der Waals surface area contributed by atoms with Crippen molar-refractivity contribution in [3.63, 3.8) is 0 Å². The van der Waals surface area contributed by atoms with Gasteiger partial charge in [-0.3, -0.25) is 4.79 Å². The van der Waals surface area contributed by atoms with Gasteiger partial charge >= 0.3 is 0 Å². The SMILES string of the molecule is CN(C)c1c(F)cc(NC(=O)c2cc(Br)c[nH]2)cc1F. The number of benzene rings is 1. The zero-order chi connectivity index (χ0) is 14.9. The number of hydrogen-bond acceptors (Lipinski definition) is 2. The van der Waals surface area contributed by atoms with Gasteiger partial charge in [0.25, 0.3) is 5.91 Å². The van der Waals surface area contributed by atoms with E-state index in [-0.39, 0.29) is 17.1 Å². The van der Waals surface area contributed by atoms with Crippen LogP contribution in [0, 0.1) is 11.6 Å². The minimum absolute atomic E-state index is 0.0568. The number of nitrogens with zero attached hydrogens (tertiary/aromatic N) is 1. The van der Waals surface area contributed by atoms with E-state index in [1.165, 1.54) is 19.0 Å². The second-order valence-electron chi connectivity index (χ2n) is 4.37. The Bertz CT molecular complexity index is 632. The van der Waals surface area contributed by atoms with Gasteiger partial charge in [0.05, 0.1) is 0 Å². The van der Waals surface area contributed by atoms with Gasteiger partial charge in [-0.05, 0) is 34.1 Å². The normalized spacial score (nSPS) is 10.4. The number of H-pyrrole nitrogens is 1. The third-order valence-electron chi connectivity index (χ3n) is 2.61. The van der Waals surface area contributed by atoms with E-state index in [9.17, 15) is 13.6 Å². The molecule has 2 N–H and O–H groups in total.